The van der Waals surface area contributed by atoms with E-state index in [1.54, 1.807) is 0 Å². The van der Waals surface area contributed by atoms with Gasteiger partial charge in [0.05, 0.1) is 11.1 Å². The van der Waals surface area contributed by atoms with Crippen LogP contribution in [0.3, 0.4) is 0 Å². The Morgan fingerprint density at radius 3 is 1.76 bits per heavy atom. The third-order valence-corrected chi connectivity index (χ3v) is 8.22. The molecule has 3 aromatic rings. The fraction of sp³-hybridized carbons (Fsp3) is 0.333. The third kappa shape index (κ3) is 5.60. The Kier molecular flexibility index (Phi) is 8.27. The highest BCUT2D eigenvalue weighted by atomic mass is 19.4. The highest BCUT2D eigenvalue weighted by Crippen LogP contribution is 2.56. The van der Waals surface area contributed by atoms with Crippen LogP contribution in [0.25, 0.3) is 5.57 Å². The lowest BCUT2D eigenvalue weighted by Gasteiger charge is -2.37. The number of halogens is 6. The van der Waals surface area contributed by atoms with Crippen molar-refractivity contribution in [3.05, 3.63) is 112 Å². The van der Waals surface area contributed by atoms with Crippen LogP contribution in [0.2, 0.25) is 0 Å². The number of allylic oxidation sites excluding steroid dienone is 4. The van der Waals surface area contributed by atoms with Gasteiger partial charge in [-0.2, -0.15) is 26.3 Å². The molecule has 9 heteroatoms. The molecule has 0 amide bonds. The van der Waals surface area contributed by atoms with Gasteiger partial charge in [0.2, 0.25) is 0 Å². The largest absolute Gasteiger partial charge is 0.416 e. The smallest absolute Gasteiger partial charge is 0.396 e. The Balaban J connectivity index is 1.71. The predicted octanol–water partition coefficient (Wildman–Crippen LogP) is 8.79. The van der Waals surface area contributed by atoms with Gasteiger partial charge in [0.25, 0.3) is 0 Å². The first-order valence-electron chi connectivity index (χ1n) is 13.9. The van der Waals surface area contributed by atoms with E-state index in [2.05, 4.69) is 0 Å². The van der Waals surface area contributed by atoms with Crippen molar-refractivity contribution < 1.29 is 36.6 Å². The van der Waals surface area contributed by atoms with Crippen LogP contribution in [-0.2, 0) is 17.8 Å². The van der Waals surface area contributed by atoms with E-state index in [0.717, 1.165) is 46.5 Å². The summed E-state index contributed by atoms with van der Waals surface area (Å²) in [5.74, 6) is 0. The van der Waals surface area contributed by atoms with E-state index in [1.165, 1.54) is 29.2 Å². The van der Waals surface area contributed by atoms with Gasteiger partial charge in [-0.25, -0.2) is 0 Å². The minimum absolute atomic E-state index is 0.0389. The molecule has 2 aliphatic rings. The van der Waals surface area contributed by atoms with Crippen LogP contribution < -0.4 is 4.90 Å². The summed E-state index contributed by atoms with van der Waals surface area (Å²) in [6.07, 6.45) is -4.30. The van der Waals surface area contributed by atoms with Gasteiger partial charge in [-0.1, -0.05) is 36.4 Å². The van der Waals surface area contributed by atoms with Crippen LogP contribution in [0.15, 0.2) is 90.1 Å². The van der Waals surface area contributed by atoms with Crippen LogP contribution in [0.5, 0.6) is 0 Å². The average Bonchev–Trinajstić information content (AvgIpc) is 3.24. The lowest BCUT2D eigenvalue weighted by molar-refractivity contribution is -0.138. The Hall–Kier alpha value is -3.56. The maximum absolute atomic E-state index is 13.7. The predicted molar refractivity (Wildman–Crippen MR) is 150 cm³/mol. The minimum Gasteiger partial charge on any atom is -0.396 e. The van der Waals surface area contributed by atoms with Gasteiger partial charge in [0.1, 0.15) is 0 Å². The highest BCUT2D eigenvalue weighted by Gasteiger charge is 2.44. The first-order chi connectivity index (χ1) is 20.0. The topological polar surface area (TPSA) is 43.7 Å². The van der Waals surface area contributed by atoms with E-state index in [-0.39, 0.29) is 24.6 Å². The molecule has 0 heterocycles. The van der Waals surface area contributed by atoms with Gasteiger partial charge in [-0.15, -0.1) is 0 Å². The maximum Gasteiger partial charge on any atom is 0.416 e. The molecule has 0 atom stereocenters. The molecule has 0 aromatic heterocycles. The molecule has 0 fully saturated rings. The SMILES string of the molecule is OCCCC1(CCCO)C2=C(CCC(N(c3cccc(C(F)(F)F)c3)c3cccc(C(F)(F)F)c3)=C2)c2ccccc21. The number of rotatable bonds is 9. The number of nitrogens with zero attached hydrogens (tertiary/aromatic N) is 1. The summed E-state index contributed by atoms with van der Waals surface area (Å²) < 4.78 is 82.4. The van der Waals surface area contributed by atoms with Crippen LogP contribution in [0, 0.1) is 0 Å². The van der Waals surface area contributed by atoms with Crippen molar-refractivity contribution in [3.8, 4) is 0 Å². The average molecular weight is 588 g/mol. The summed E-state index contributed by atoms with van der Waals surface area (Å²) >= 11 is 0. The summed E-state index contributed by atoms with van der Waals surface area (Å²) in [7, 11) is 0. The fourth-order valence-corrected chi connectivity index (χ4v) is 6.45. The zero-order chi connectivity index (χ0) is 30.1. The first-order valence-corrected chi connectivity index (χ1v) is 13.9. The summed E-state index contributed by atoms with van der Waals surface area (Å²) in [4.78, 5) is 1.49. The van der Waals surface area contributed by atoms with Gasteiger partial charge in [0, 0.05) is 35.7 Å². The monoisotopic (exact) mass is 587 g/mol. The molecule has 0 radical (unpaired) electrons. The Bertz CT molecular complexity index is 1440. The second-order valence-electron chi connectivity index (χ2n) is 10.7. The van der Waals surface area contributed by atoms with E-state index in [9.17, 15) is 36.6 Å². The van der Waals surface area contributed by atoms with Crippen LogP contribution >= 0.6 is 0 Å². The molecule has 2 N–H and O–H groups in total. The van der Waals surface area contributed by atoms with E-state index in [4.69, 9.17) is 0 Å². The molecule has 0 bridgehead atoms. The number of alkyl halides is 6. The molecule has 0 unspecified atom stereocenters. The molecular formula is C33H31F6NO2. The molecule has 0 saturated carbocycles. The van der Waals surface area contributed by atoms with Gasteiger partial charge >= 0.3 is 12.4 Å². The molecule has 2 aliphatic carbocycles. The number of hydrogen-bond donors (Lipinski definition) is 2. The summed E-state index contributed by atoms with van der Waals surface area (Å²) in [5, 5.41) is 19.5. The highest BCUT2D eigenvalue weighted by molar-refractivity contribution is 5.85. The second-order valence-corrected chi connectivity index (χ2v) is 10.7. The molecule has 0 spiro atoms. The number of aliphatic hydroxyl groups is 2. The molecule has 0 aliphatic heterocycles. The zero-order valence-corrected chi connectivity index (χ0v) is 22.8. The third-order valence-electron chi connectivity index (χ3n) is 8.22. The summed E-state index contributed by atoms with van der Waals surface area (Å²) in [6.45, 7) is -0.0777. The Morgan fingerprint density at radius 1 is 0.690 bits per heavy atom. The number of aliphatic hydroxyl groups excluding tert-OH is 2. The number of hydrogen-bond acceptors (Lipinski definition) is 3. The number of anilines is 2. The quantitative estimate of drug-likeness (QED) is 0.246. The van der Waals surface area contributed by atoms with E-state index < -0.39 is 28.9 Å². The Morgan fingerprint density at radius 2 is 1.24 bits per heavy atom. The molecule has 0 saturated heterocycles. The molecule has 3 nitrogen and oxygen atoms in total. The molecule has 3 aromatic carbocycles. The van der Waals surface area contributed by atoms with Gasteiger partial charge in [-0.3, -0.25) is 0 Å². The molecule has 5 rings (SSSR count). The number of fused-ring (bicyclic) bond motifs is 2. The molecular weight excluding hydrogens is 556 g/mol. The second kappa shape index (κ2) is 11.6. The van der Waals surface area contributed by atoms with Crippen LogP contribution in [-0.4, -0.2) is 23.4 Å². The van der Waals surface area contributed by atoms with Crippen molar-refractivity contribution in [2.75, 3.05) is 18.1 Å². The zero-order valence-electron chi connectivity index (χ0n) is 22.8. The van der Waals surface area contributed by atoms with Crippen molar-refractivity contribution in [3.63, 3.8) is 0 Å². The normalized spacial score (nSPS) is 16.2. The standard InChI is InChI=1S/C33H31F6NO2/c34-32(35,36)22-7-3-9-24(19-22)40(25-10-4-8-23(20-25)33(37,38)39)26-13-14-28-27-11-1-2-12-29(27)31(15-5-17-41,16-6-18-42)30(28)21-26/h1-4,7-12,19-21,41-42H,5-6,13-18H2. The molecule has 42 heavy (non-hydrogen) atoms. The van der Waals surface area contributed by atoms with Crippen molar-refractivity contribution in [2.24, 2.45) is 0 Å². The van der Waals surface area contributed by atoms with Gasteiger partial charge < -0.3 is 15.1 Å². The van der Waals surface area contributed by atoms with Gasteiger partial charge in [0.15, 0.2) is 0 Å². The molecule has 222 valence electrons. The van der Waals surface area contributed by atoms with Crippen molar-refractivity contribution in [1.29, 1.82) is 0 Å². The van der Waals surface area contributed by atoms with E-state index >= 15 is 0 Å². The van der Waals surface area contributed by atoms with Crippen molar-refractivity contribution in [1.82, 2.24) is 0 Å². The lowest BCUT2D eigenvalue weighted by atomic mass is 9.69. The lowest BCUT2D eigenvalue weighted by Crippen LogP contribution is -2.29. The van der Waals surface area contributed by atoms with Gasteiger partial charge in [-0.05, 0) is 103 Å². The van der Waals surface area contributed by atoms with Crippen LogP contribution in [0.1, 0.15) is 60.8 Å². The summed E-state index contributed by atoms with van der Waals surface area (Å²) in [5.41, 5.74) is 2.56. The fourth-order valence-electron chi connectivity index (χ4n) is 6.45. The van der Waals surface area contributed by atoms with Crippen LogP contribution in [0.4, 0.5) is 37.7 Å². The first kappa shape index (κ1) is 29.9. The Labute approximate surface area is 240 Å². The summed E-state index contributed by atoms with van der Waals surface area (Å²) in [6, 6.07) is 17.2. The van der Waals surface area contributed by atoms with E-state index in [0.29, 0.717) is 44.2 Å². The maximum atomic E-state index is 13.7. The van der Waals surface area contributed by atoms with Crippen molar-refractivity contribution >= 4 is 16.9 Å². The van der Waals surface area contributed by atoms with Crippen molar-refractivity contribution in [2.45, 2.75) is 56.3 Å². The minimum atomic E-state index is -4.64. The number of benzene rings is 3. The van der Waals surface area contributed by atoms with E-state index in [1.807, 2.05) is 30.3 Å².